The molecule has 0 bridgehead atoms. The van der Waals surface area contributed by atoms with Crippen molar-refractivity contribution in [2.24, 2.45) is 11.3 Å². The molecule has 0 saturated heterocycles. The molecule has 0 spiro atoms. The van der Waals surface area contributed by atoms with Gasteiger partial charge in [0, 0.05) is 18.6 Å². The van der Waals surface area contributed by atoms with Gasteiger partial charge in [0.1, 0.15) is 0 Å². The van der Waals surface area contributed by atoms with E-state index >= 15 is 0 Å². The van der Waals surface area contributed by atoms with Crippen LogP contribution in [-0.4, -0.2) is 53.7 Å². The van der Waals surface area contributed by atoms with Crippen LogP contribution in [0.3, 0.4) is 0 Å². The summed E-state index contributed by atoms with van der Waals surface area (Å²) in [7, 11) is 0. The molecule has 2 rings (SSSR count). The molecule has 22 heavy (non-hydrogen) atoms. The van der Waals surface area contributed by atoms with Crippen molar-refractivity contribution in [3.63, 3.8) is 0 Å². The molecule has 0 heterocycles. The van der Waals surface area contributed by atoms with Gasteiger partial charge in [-0.2, -0.15) is 0 Å². The lowest BCUT2D eigenvalue weighted by Crippen LogP contribution is -2.56. The number of hydrogen-bond acceptors (Lipinski definition) is 3. The molecule has 0 aromatic rings. The molecule has 0 unspecified atom stereocenters. The second kappa shape index (κ2) is 6.86. The molecule has 3 N–H and O–H groups in total. The Bertz CT molecular complexity index is 415. The third-order valence-electron chi connectivity index (χ3n) is 5.43. The molecular weight excluding hydrogens is 282 g/mol. The Morgan fingerprint density at radius 1 is 1.32 bits per heavy atom. The molecule has 6 nitrogen and oxygen atoms in total. The number of amides is 2. The normalized spacial score (nSPS) is 25.7. The van der Waals surface area contributed by atoms with Crippen LogP contribution in [0.1, 0.15) is 46.5 Å². The van der Waals surface area contributed by atoms with Crippen LogP contribution in [0, 0.1) is 11.3 Å². The van der Waals surface area contributed by atoms with Gasteiger partial charge in [0.05, 0.1) is 6.54 Å². The molecular formula is C16H29N3O3. The van der Waals surface area contributed by atoms with Gasteiger partial charge in [-0.15, -0.1) is 0 Å². The van der Waals surface area contributed by atoms with E-state index in [-0.39, 0.29) is 24.7 Å². The summed E-state index contributed by atoms with van der Waals surface area (Å²) in [5.74, 6) is -0.186. The summed E-state index contributed by atoms with van der Waals surface area (Å²) < 4.78 is 0. The maximum atomic E-state index is 11.9. The minimum Gasteiger partial charge on any atom is -0.480 e. The number of aliphatic carboxylic acids is 1. The number of urea groups is 1. The molecule has 2 saturated carbocycles. The lowest BCUT2D eigenvalue weighted by atomic mass is 9.85. The SMILES string of the molecule is CCN(CC(=O)O)C1CC(NC(=O)NCC2(C(C)C)CC2)C1. The first kappa shape index (κ1) is 17.1. The monoisotopic (exact) mass is 311 g/mol. The van der Waals surface area contributed by atoms with E-state index in [1.807, 2.05) is 11.8 Å². The van der Waals surface area contributed by atoms with Crippen molar-refractivity contribution >= 4 is 12.0 Å². The fourth-order valence-corrected chi connectivity index (χ4v) is 3.29. The molecule has 0 aliphatic heterocycles. The minimum absolute atomic E-state index is 0.0803. The van der Waals surface area contributed by atoms with Crippen LogP contribution in [0.15, 0.2) is 0 Å². The van der Waals surface area contributed by atoms with Crippen molar-refractivity contribution in [1.82, 2.24) is 15.5 Å². The van der Waals surface area contributed by atoms with Gasteiger partial charge in [-0.1, -0.05) is 20.8 Å². The molecule has 126 valence electrons. The maximum Gasteiger partial charge on any atom is 0.317 e. The lowest BCUT2D eigenvalue weighted by molar-refractivity contribution is -0.139. The van der Waals surface area contributed by atoms with Crippen LogP contribution in [-0.2, 0) is 4.79 Å². The molecule has 2 amide bonds. The summed E-state index contributed by atoms with van der Waals surface area (Å²) in [6.45, 7) is 7.96. The number of likely N-dealkylation sites (N-methyl/N-ethyl adjacent to an activating group) is 1. The molecule has 6 heteroatoms. The zero-order chi connectivity index (χ0) is 16.3. The van der Waals surface area contributed by atoms with Crippen LogP contribution in [0.5, 0.6) is 0 Å². The van der Waals surface area contributed by atoms with Crippen molar-refractivity contribution in [2.75, 3.05) is 19.6 Å². The Hall–Kier alpha value is -1.30. The molecule has 0 aromatic carbocycles. The van der Waals surface area contributed by atoms with Crippen LogP contribution < -0.4 is 10.6 Å². The number of nitrogens with zero attached hydrogens (tertiary/aromatic N) is 1. The van der Waals surface area contributed by atoms with Crippen LogP contribution >= 0.6 is 0 Å². The smallest absolute Gasteiger partial charge is 0.317 e. The Morgan fingerprint density at radius 2 is 1.95 bits per heavy atom. The van der Waals surface area contributed by atoms with Gasteiger partial charge >= 0.3 is 12.0 Å². The highest BCUT2D eigenvalue weighted by molar-refractivity contribution is 5.74. The van der Waals surface area contributed by atoms with Crippen molar-refractivity contribution in [1.29, 1.82) is 0 Å². The first-order valence-corrected chi connectivity index (χ1v) is 8.36. The predicted molar refractivity (Wildman–Crippen MR) is 84.7 cm³/mol. The Labute approximate surface area is 132 Å². The topological polar surface area (TPSA) is 81.7 Å². The minimum atomic E-state index is -0.792. The number of nitrogens with one attached hydrogen (secondary N) is 2. The summed E-state index contributed by atoms with van der Waals surface area (Å²) in [5, 5.41) is 14.9. The Balaban J connectivity index is 1.64. The molecule has 2 aliphatic rings. The first-order valence-electron chi connectivity index (χ1n) is 8.36. The fraction of sp³-hybridized carbons (Fsp3) is 0.875. The third kappa shape index (κ3) is 4.12. The Morgan fingerprint density at radius 3 is 2.41 bits per heavy atom. The Kier molecular flexibility index (Phi) is 5.32. The van der Waals surface area contributed by atoms with Gasteiger partial charge in [0.2, 0.25) is 0 Å². The molecule has 2 fully saturated rings. The number of rotatable bonds is 8. The van der Waals surface area contributed by atoms with E-state index in [4.69, 9.17) is 5.11 Å². The highest BCUT2D eigenvalue weighted by Gasteiger charge is 2.45. The summed E-state index contributed by atoms with van der Waals surface area (Å²) in [4.78, 5) is 24.7. The molecule has 0 aromatic heterocycles. The number of carbonyl (C=O) groups is 2. The summed E-state index contributed by atoms with van der Waals surface area (Å²) in [6, 6.07) is 0.357. The number of carbonyl (C=O) groups excluding carboxylic acids is 1. The van der Waals surface area contributed by atoms with Crippen LogP contribution in [0.25, 0.3) is 0 Å². The van der Waals surface area contributed by atoms with Gasteiger partial charge < -0.3 is 15.7 Å². The quantitative estimate of drug-likeness (QED) is 0.637. The van der Waals surface area contributed by atoms with E-state index in [1.54, 1.807) is 0 Å². The highest BCUT2D eigenvalue weighted by atomic mass is 16.4. The lowest BCUT2D eigenvalue weighted by Gasteiger charge is -2.42. The zero-order valence-electron chi connectivity index (χ0n) is 13.9. The predicted octanol–water partition coefficient (Wildman–Crippen LogP) is 1.66. The van der Waals surface area contributed by atoms with Crippen molar-refractivity contribution < 1.29 is 14.7 Å². The third-order valence-corrected chi connectivity index (χ3v) is 5.43. The van der Waals surface area contributed by atoms with Crippen molar-refractivity contribution in [2.45, 2.75) is 58.5 Å². The average molecular weight is 311 g/mol. The number of hydrogen-bond donors (Lipinski definition) is 3. The fourth-order valence-electron chi connectivity index (χ4n) is 3.29. The largest absolute Gasteiger partial charge is 0.480 e. The van der Waals surface area contributed by atoms with Gasteiger partial charge in [0.25, 0.3) is 0 Å². The standard InChI is InChI=1S/C16H29N3O3/c1-4-19(9-14(20)21)13-7-12(8-13)18-15(22)17-10-16(5-6-16)11(2)3/h11-13H,4-10H2,1-3H3,(H,20,21)(H2,17,18,22). The zero-order valence-corrected chi connectivity index (χ0v) is 13.9. The van der Waals surface area contributed by atoms with Gasteiger partial charge in [-0.3, -0.25) is 9.69 Å². The summed E-state index contributed by atoms with van der Waals surface area (Å²) in [5.41, 5.74) is 0.319. The highest BCUT2D eigenvalue weighted by Crippen LogP contribution is 2.51. The average Bonchev–Trinajstić information content (AvgIpc) is 3.19. The second-order valence-corrected chi connectivity index (χ2v) is 7.12. The summed E-state index contributed by atoms with van der Waals surface area (Å²) in [6.07, 6.45) is 4.09. The number of carboxylic acids is 1. The first-order chi connectivity index (χ1) is 10.4. The van der Waals surface area contributed by atoms with E-state index in [1.165, 1.54) is 12.8 Å². The molecule has 2 aliphatic carbocycles. The van der Waals surface area contributed by atoms with E-state index < -0.39 is 5.97 Å². The van der Waals surface area contributed by atoms with Crippen LogP contribution in [0.2, 0.25) is 0 Å². The van der Waals surface area contributed by atoms with Crippen molar-refractivity contribution in [3.8, 4) is 0 Å². The number of carboxylic acid groups (broad SMARTS) is 1. The van der Waals surface area contributed by atoms with Gasteiger partial charge in [0.15, 0.2) is 0 Å². The summed E-state index contributed by atoms with van der Waals surface area (Å²) >= 11 is 0. The van der Waals surface area contributed by atoms with Crippen LogP contribution in [0.4, 0.5) is 4.79 Å². The second-order valence-electron chi connectivity index (χ2n) is 7.12. The molecule has 0 atom stereocenters. The van der Waals surface area contributed by atoms with E-state index in [2.05, 4.69) is 24.5 Å². The van der Waals surface area contributed by atoms with E-state index in [0.717, 1.165) is 25.9 Å². The van der Waals surface area contributed by atoms with E-state index in [0.29, 0.717) is 11.3 Å². The van der Waals surface area contributed by atoms with E-state index in [9.17, 15) is 9.59 Å². The maximum absolute atomic E-state index is 11.9. The van der Waals surface area contributed by atoms with Gasteiger partial charge in [-0.05, 0) is 43.6 Å². The molecule has 0 radical (unpaired) electrons. The van der Waals surface area contributed by atoms with Crippen molar-refractivity contribution in [3.05, 3.63) is 0 Å². The van der Waals surface area contributed by atoms with Gasteiger partial charge in [-0.25, -0.2) is 4.79 Å².